The van der Waals surface area contributed by atoms with Gasteiger partial charge in [-0.25, -0.2) is 4.98 Å². The number of nitrogens with zero attached hydrogens (tertiary/aromatic N) is 4. The van der Waals surface area contributed by atoms with Crippen LogP contribution >= 0.6 is 0 Å². The summed E-state index contributed by atoms with van der Waals surface area (Å²) in [6.07, 6.45) is -3.05. The summed E-state index contributed by atoms with van der Waals surface area (Å²) in [4.78, 5) is 5.93. The van der Waals surface area contributed by atoms with Gasteiger partial charge < -0.3 is 4.90 Å². The fourth-order valence-electron chi connectivity index (χ4n) is 1.95. The molecule has 0 spiro atoms. The lowest BCUT2D eigenvalue weighted by molar-refractivity contribution is -0.140. The summed E-state index contributed by atoms with van der Waals surface area (Å²) in [7, 11) is 5.13. The van der Waals surface area contributed by atoms with E-state index in [0.717, 1.165) is 0 Å². The third-order valence-electron chi connectivity index (χ3n) is 3.10. The van der Waals surface area contributed by atoms with Crippen LogP contribution in [-0.4, -0.2) is 28.9 Å². The molecule has 108 valence electrons. The van der Waals surface area contributed by atoms with Crippen LogP contribution in [0.3, 0.4) is 0 Å². The molecule has 0 unspecified atom stereocenters. The standard InChI is InChI=1S/C13H15F3N4/c1-8-11(12(13(14,15)16)18-20(8)4)9-5-6-10(17-7-9)19(2)3/h5-7H,1-4H3. The van der Waals surface area contributed by atoms with Crippen LogP contribution in [0.5, 0.6) is 0 Å². The number of pyridine rings is 1. The molecule has 20 heavy (non-hydrogen) atoms. The van der Waals surface area contributed by atoms with Crippen molar-refractivity contribution in [1.29, 1.82) is 0 Å². The van der Waals surface area contributed by atoms with E-state index in [-0.39, 0.29) is 5.56 Å². The van der Waals surface area contributed by atoms with Crippen LogP contribution in [-0.2, 0) is 13.2 Å². The lowest BCUT2D eigenvalue weighted by atomic mass is 10.1. The van der Waals surface area contributed by atoms with Crippen molar-refractivity contribution in [2.45, 2.75) is 13.1 Å². The van der Waals surface area contributed by atoms with Crippen LogP contribution in [0.4, 0.5) is 19.0 Å². The average Bonchev–Trinajstić information content (AvgIpc) is 2.66. The maximum atomic E-state index is 13.0. The molecule has 0 aliphatic heterocycles. The van der Waals surface area contributed by atoms with Gasteiger partial charge in [-0.2, -0.15) is 18.3 Å². The second-order valence-corrected chi connectivity index (χ2v) is 4.73. The summed E-state index contributed by atoms with van der Waals surface area (Å²) in [6, 6.07) is 3.31. The van der Waals surface area contributed by atoms with Crippen molar-refractivity contribution < 1.29 is 13.2 Å². The van der Waals surface area contributed by atoms with E-state index in [4.69, 9.17) is 0 Å². The fourth-order valence-corrected chi connectivity index (χ4v) is 1.95. The van der Waals surface area contributed by atoms with E-state index in [1.807, 2.05) is 14.1 Å². The molecule has 0 aromatic carbocycles. The van der Waals surface area contributed by atoms with Gasteiger partial charge >= 0.3 is 6.18 Å². The van der Waals surface area contributed by atoms with Gasteiger partial charge in [0.2, 0.25) is 0 Å². The molecule has 2 rings (SSSR count). The lowest BCUT2D eigenvalue weighted by Crippen LogP contribution is -2.10. The number of anilines is 1. The van der Waals surface area contributed by atoms with Gasteiger partial charge in [0.15, 0.2) is 5.69 Å². The first-order valence-corrected chi connectivity index (χ1v) is 5.96. The highest BCUT2D eigenvalue weighted by Gasteiger charge is 2.38. The van der Waals surface area contributed by atoms with Crippen LogP contribution in [0.25, 0.3) is 11.1 Å². The van der Waals surface area contributed by atoms with Crippen LogP contribution in [0.15, 0.2) is 18.3 Å². The molecule has 4 nitrogen and oxygen atoms in total. The van der Waals surface area contributed by atoms with Gasteiger partial charge in [-0.05, 0) is 19.1 Å². The average molecular weight is 284 g/mol. The summed E-state index contributed by atoms with van der Waals surface area (Å²) in [5.74, 6) is 0.684. The molecule has 2 aromatic heterocycles. The molecule has 2 aromatic rings. The van der Waals surface area contributed by atoms with E-state index in [0.29, 0.717) is 17.1 Å². The summed E-state index contributed by atoms with van der Waals surface area (Å²) in [6.45, 7) is 1.61. The Morgan fingerprint density at radius 2 is 1.85 bits per heavy atom. The largest absolute Gasteiger partial charge is 0.435 e. The highest BCUT2D eigenvalue weighted by atomic mass is 19.4. The van der Waals surface area contributed by atoms with E-state index < -0.39 is 11.9 Å². The first-order valence-electron chi connectivity index (χ1n) is 5.96. The zero-order chi connectivity index (χ0) is 15.1. The van der Waals surface area contributed by atoms with Crippen molar-refractivity contribution in [3.63, 3.8) is 0 Å². The van der Waals surface area contributed by atoms with Gasteiger partial charge in [0, 0.05) is 44.2 Å². The molecule has 0 saturated heterocycles. The molecule has 2 heterocycles. The summed E-state index contributed by atoms with van der Waals surface area (Å²) in [5, 5.41) is 3.57. The smallest absolute Gasteiger partial charge is 0.363 e. The number of hydrogen-bond acceptors (Lipinski definition) is 3. The van der Waals surface area contributed by atoms with Crippen LogP contribution in [0.1, 0.15) is 11.4 Å². The number of alkyl halides is 3. The number of rotatable bonds is 2. The Balaban J connectivity index is 2.57. The predicted molar refractivity (Wildman–Crippen MR) is 70.5 cm³/mol. The van der Waals surface area contributed by atoms with Gasteiger partial charge in [-0.3, -0.25) is 4.68 Å². The molecular weight excluding hydrogens is 269 g/mol. The van der Waals surface area contributed by atoms with Crippen LogP contribution in [0, 0.1) is 6.92 Å². The Hall–Kier alpha value is -2.05. The first-order chi connectivity index (χ1) is 9.21. The Morgan fingerprint density at radius 1 is 1.20 bits per heavy atom. The summed E-state index contributed by atoms with van der Waals surface area (Å²) in [5.41, 5.74) is 0.0694. The van der Waals surface area contributed by atoms with Gasteiger partial charge in [-0.1, -0.05) is 0 Å². The molecule has 0 bridgehead atoms. The second kappa shape index (κ2) is 4.81. The van der Waals surface area contributed by atoms with Gasteiger partial charge in [-0.15, -0.1) is 0 Å². The summed E-state index contributed by atoms with van der Waals surface area (Å²) >= 11 is 0. The van der Waals surface area contributed by atoms with Crippen molar-refractivity contribution in [2.24, 2.45) is 7.05 Å². The maximum absolute atomic E-state index is 13.0. The third kappa shape index (κ3) is 2.48. The molecule has 0 aliphatic rings. The van der Waals surface area contributed by atoms with Gasteiger partial charge in [0.05, 0.1) is 0 Å². The van der Waals surface area contributed by atoms with E-state index >= 15 is 0 Å². The SMILES string of the molecule is Cc1c(-c2ccc(N(C)C)nc2)c(C(F)(F)F)nn1C. The normalized spacial score (nSPS) is 11.8. The van der Waals surface area contributed by atoms with E-state index in [9.17, 15) is 13.2 Å². The number of hydrogen-bond donors (Lipinski definition) is 0. The van der Waals surface area contributed by atoms with Gasteiger partial charge in [0.25, 0.3) is 0 Å². The van der Waals surface area contributed by atoms with Crippen molar-refractivity contribution in [3.8, 4) is 11.1 Å². The van der Waals surface area contributed by atoms with Crippen molar-refractivity contribution >= 4 is 5.82 Å². The predicted octanol–water partition coefficient (Wildman–Crippen LogP) is 2.88. The molecule has 0 fully saturated rings. The number of aromatic nitrogens is 3. The maximum Gasteiger partial charge on any atom is 0.435 e. The fraction of sp³-hybridized carbons (Fsp3) is 0.385. The van der Waals surface area contributed by atoms with Crippen LogP contribution < -0.4 is 4.90 Å². The van der Waals surface area contributed by atoms with E-state index in [2.05, 4.69) is 10.1 Å². The van der Waals surface area contributed by atoms with Gasteiger partial charge in [0.1, 0.15) is 5.82 Å². The Bertz CT molecular complexity index is 612. The summed E-state index contributed by atoms with van der Waals surface area (Å²) < 4.78 is 40.3. The molecule has 0 N–H and O–H groups in total. The minimum Gasteiger partial charge on any atom is -0.363 e. The first kappa shape index (κ1) is 14.4. The Kier molecular flexibility index (Phi) is 3.45. The lowest BCUT2D eigenvalue weighted by Gasteiger charge is -2.12. The van der Waals surface area contributed by atoms with Crippen molar-refractivity contribution in [3.05, 3.63) is 29.7 Å². The molecule has 0 radical (unpaired) electrons. The highest BCUT2D eigenvalue weighted by Crippen LogP contribution is 2.37. The molecule has 0 aliphatic carbocycles. The molecule has 0 amide bonds. The monoisotopic (exact) mass is 284 g/mol. The minimum atomic E-state index is -4.48. The zero-order valence-corrected chi connectivity index (χ0v) is 11.7. The topological polar surface area (TPSA) is 34.0 Å². The minimum absolute atomic E-state index is 0.0813. The molecule has 0 atom stereocenters. The van der Waals surface area contributed by atoms with Crippen LogP contribution in [0.2, 0.25) is 0 Å². The Labute approximate surface area is 114 Å². The zero-order valence-electron chi connectivity index (χ0n) is 11.7. The number of halogens is 3. The highest BCUT2D eigenvalue weighted by molar-refractivity contribution is 5.69. The quantitative estimate of drug-likeness (QED) is 0.850. The number of aryl methyl sites for hydroxylation is 1. The molecule has 0 saturated carbocycles. The Morgan fingerprint density at radius 3 is 2.30 bits per heavy atom. The van der Waals surface area contributed by atoms with Crippen molar-refractivity contribution in [1.82, 2.24) is 14.8 Å². The van der Waals surface area contributed by atoms with E-state index in [1.54, 1.807) is 24.0 Å². The molecular formula is C13H15F3N4. The third-order valence-corrected chi connectivity index (χ3v) is 3.10. The second-order valence-electron chi connectivity index (χ2n) is 4.73. The molecule has 7 heteroatoms. The van der Waals surface area contributed by atoms with Crippen molar-refractivity contribution in [2.75, 3.05) is 19.0 Å². The van der Waals surface area contributed by atoms with E-state index in [1.165, 1.54) is 17.9 Å².